The molecule has 0 aliphatic carbocycles. The summed E-state index contributed by atoms with van der Waals surface area (Å²) in [5, 5.41) is 18.2. The zero-order valence-corrected chi connectivity index (χ0v) is 13.5. The highest BCUT2D eigenvalue weighted by Crippen LogP contribution is 2.12. The number of hydrogen-bond acceptors (Lipinski definition) is 7. The van der Waals surface area contributed by atoms with E-state index in [4.69, 9.17) is 4.74 Å². The van der Waals surface area contributed by atoms with Gasteiger partial charge in [-0.15, -0.1) is 5.10 Å². The lowest BCUT2D eigenvalue weighted by Crippen LogP contribution is -2.26. The first-order valence-electron chi connectivity index (χ1n) is 7.13. The van der Waals surface area contributed by atoms with Gasteiger partial charge in [-0.1, -0.05) is 25.1 Å². The minimum atomic E-state index is 0.0150. The van der Waals surface area contributed by atoms with E-state index >= 15 is 0 Å². The van der Waals surface area contributed by atoms with Gasteiger partial charge in [0.15, 0.2) is 0 Å². The van der Waals surface area contributed by atoms with E-state index in [0.717, 1.165) is 32.5 Å². The van der Waals surface area contributed by atoms with E-state index < -0.39 is 0 Å². The van der Waals surface area contributed by atoms with E-state index in [9.17, 15) is 4.79 Å². The molecule has 2 N–H and O–H groups in total. The summed E-state index contributed by atoms with van der Waals surface area (Å²) in [5.41, 5.74) is 0. The number of thioether (sulfide) groups is 1. The predicted octanol–water partition coefficient (Wildman–Crippen LogP) is -0.0825. The molecule has 0 spiro atoms. The van der Waals surface area contributed by atoms with Crippen LogP contribution < -0.4 is 10.6 Å². The summed E-state index contributed by atoms with van der Waals surface area (Å²) in [7, 11) is 1.67. The molecule has 9 heteroatoms. The molecule has 1 rings (SSSR count). The molecule has 0 unspecified atom stereocenters. The van der Waals surface area contributed by atoms with Crippen LogP contribution >= 0.6 is 11.8 Å². The minimum absolute atomic E-state index is 0.0150. The molecule has 0 radical (unpaired) electrons. The number of ether oxygens (including phenoxy) is 1. The van der Waals surface area contributed by atoms with E-state index in [1.165, 1.54) is 11.8 Å². The lowest BCUT2D eigenvalue weighted by atomic mass is 10.3. The van der Waals surface area contributed by atoms with Crippen LogP contribution in [0.25, 0.3) is 0 Å². The van der Waals surface area contributed by atoms with Crippen molar-refractivity contribution >= 4 is 17.7 Å². The number of tetrazole rings is 1. The number of aromatic nitrogens is 4. The van der Waals surface area contributed by atoms with Crippen molar-refractivity contribution in [3.05, 3.63) is 0 Å². The van der Waals surface area contributed by atoms with Crippen LogP contribution in [-0.4, -0.2) is 65.2 Å². The quantitative estimate of drug-likeness (QED) is 0.411. The van der Waals surface area contributed by atoms with Crippen LogP contribution in [0, 0.1) is 0 Å². The summed E-state index contributed by atoms with van der Waals surface area (Å²) in [6.07, 6.45) is 2.07. The lowest BCUT2D eigenvalue weighted by molar-refractivity contribution is -0.118. The highest BCUT2D eigenvalue weighted by atomic mass is 32.2. The van der Waals surface area contributed by atoms with Gasteiger partial charge < -0.3 is 15.4 Å². The molecule has 0 atom stereocenters. The van der Waals surface area contributed by atoms with E-state index in [0.29, 0.717) is 24.1 Å². The largest absolute Gasteiger partial charge is 0.383 e. The number of carbonyl (C=O) groups excluding carboxylic acids is 1. The molecule has 1 aromatic heterocycles. The Kier molecular flexibility index (Phi) is 9.75. The fraction of sp³-hybridized carbons (Fsp3) is 0.833. The average molecular weight is 316 g/mol. The average Bonchev–Trinajstić information content (AvgIpc) is 2.93. The third kappa shape index (κ3) is 7.98. The van der Waals surface area contributed by atoms with Gasteiger partial charge in [0.25, 0.3) is 0 Å². The molecular weight excluding hydrogens is 292 g/mol. The maximum atomic E-state index is 11.6. The van der Waals surface area contributed by atoms with Crippen molar-refractivity contribution in [2.24, 2.45) is 0 Å². The SMILES string of the molecule is CCCCNC(=O)CSc1nnnn1CCNCCOC. The first kappa shape index (κ1) is 17.9. The molecular formula is C12H24N6O2S. The van der Waals surface area contributed by atoms with Crippen molar-refractivity contribution in [2.75, 3.05) is 39.1 Å². The Morgan fingerprint density at radius 1 is 1.38 bits per heavy atom. The summed E-state index contributed by atoms with van der Waals surface area (Å²) in [4.78, 5) is 11.6. The number of hydrogen-bond donors (Lipinski definition) is 2. The van der Waals surface area contributed by atoms with Gasteiger partial charge in [0.2, 0.25) is 11.1 Å². The van der Waals surface area contributed by atoms with Crippen LogP contribution in [0.4, 0.5) is 0 Å². The Labute approximate surface area is 129 Å². The number of carbonyl (C=O) groups is 1. The van der Waals surface area contributed by atoms with Gasteiger partial charge in [0, 0.05) is 26.7 Å². The Morgan fingerprint density at radius 2 is 2.24 bits per heavy atom. The molecule has 0 saturated heterocycles. The maximum Gasteiger partial charge on any atom is 0.230 e. The highest BCUT2D eigenvalue weighted by molar-refractivity contribution is 7.99. The van der Waals surface area contributed by atoms with Gasteiger partial charge in [-0.05, 0) is 16.8 Å². The molecule has 0 aliphatic rings. The molecule has 1 heterocycles. The smallest absolute Gasteiger partial charge is 0.230 e. The molecule has 0 bridgehead atoms. The van der Waals surface area contributed by atoms with Crippen LogP contribution in [0.5, 0.6) is 0 Å². The third-order valence-electron chi connectivity index (χ3n) is 2.67. The molecule has 0 aromatic carbocycles. The van der Waals surface area contributed by atoms with Crippen molar-refractivity contribution in [3.8, 4) is 0 Å². The molecule has 0 saturated carbocycles. The van der Waals surface area contributed by atoms with E-state index in [1.807, 2.05) is 0 Å². The summed E-state index contributed by atoms with van der Waals surface area (Å²) in [5.74, 6) is 0.350. The predicted molar refractivity (Wildman–Crippen MR) is 81.2 cm³/mol. The topological polar surface area (TPSA) is 94.0 Å². The number of amides is 1. The normalized spacial score (nSPS) is 10.8. The minimum Gasteiger partial charge on any atom is -0.383 e. The number of rotatable bonds is 12. The van der Waals surface area contributed by atoms with Gasteiger partial charge in [0.05, 0.1) is 18.9 Å². The van der Waals surface area contributed by atoms with Gasteiger partial charge in [-0.2, -0.15) is 0 Å². The van der Waals surface area contributed by atoms with Gasteiger partial charge in [-0.25, -0.2) is 4.68 Å². The molecule has 0 aliphatic heterocycles. The second-order valence-electron chi connectivity index (χ2n) is 4.42. The first-order valence-corrected chi connectivity index (χ1v) is 8.11. The van der Waals surface area contributed by atoms with Crippen LogP contribution in [0.2, 0.25) is 0 Å². The Balaban J connectivity index is 2.23. The van der Waals surface area contributed by atoms with Crippen molar-refractivity contribution in [3.63, 3.8) is 0 Å². The van der Waals surface area contributed by atoms with E-state index in [2.05, 4.69) is 33.1 Å². The Morgan fingerprint density at radius 3 is 3.00 bits per heavy atom. The highest BCUT2D eigenvalue weighted by Gasteiger charge is 2.09. The molecule has 1 amide bonds. The molecule has 0 fully saturated rings. The zero-order valence-electron chi connectivity index (χ0n) is 12.7. The molecule has 120 valence electrons. The zero-order chi connectivity index (χ0) is 15.3. The van der Waals surface area contributed by atoms with E-state index in [1.54, 1.807) is 11.8 Å². The monoisotopic (exact) mass is 316 g/mol. The summed E-state index contributed by atoms with van der Waals surface area (Å²) in [6.45, 7) is 5.71. The van der Waals surface area contributed by atoms with Crippen LogP contribution in [0.15, 0.2) is 5.16 Å². The number of unbranched alkanes of at least 4 members (excludes halogenated alkanes) is 1. The molecule has 1 aromatic rings. The number of nitrogens with one attached hydrogen (secondary N) is 2. The van der Waals surface area contributed by atoms with Crippen LogP contribution in [0.3, 0.4) is 0 Å². The second-order valence-corrected chi connectivity index (χ2v) is 5.36. The van der Waals surface area contributed by atoms with Crippen molar-refractivity contribution in [2.45, 2.75) is 31.5 Å². The van der Waals surface area contributed by atoms with Crippen molar-refractivity contribution in [1.29, 1.82) is 0 Å². The van der Waals surface area contributed by atoms with Gasteiger partial charge in [0.1, 0.15) is 0 Å². The fourth-order valence-electron chi connectivity index (χ4n) is 1.51. The molecule has 21 heavy (non-hydrogen) atoms. The Hall–Kier alpha value is -1.19. The Bertz CT molecular complexity index is 401. The number of nitrogens with zero attached hydrogens (tertiary/aromatic N) is 4. The third-order valence-corrected chi connectivity index (χ3v) is 3.62. The van der Waals surface area contributed by atoms with Crippen LogP contribution in [-0.2, 0) is 16.1 Å². The number of methoxy groups -OCH3 is 1. The van der Waals surface area contributed by atoms with Gasteiger partial charge >= 0.3 is 0 Å². The maximum absolute atomic E-state index is 11.6. The van der Waals surface area contributed by atoms with Crippen LogP contribution in [0.1, 0.15) is 19.8 Å². The summed E-state index contributed by atoms with van der Waals surface area (Å²) >= 11 is 1.35. The van der Waals surface area contributed by atoms with Gasteiger partial charge in [-0.3, -0.25) is 4.79 Å². The fourth-order valence-corrected chi connectivity index (χ4v) is 2.24. The summed E-state index contributed by atoms with van der Waals surface area (Å²) in [6, 6.07) is 0. The van der Waals surface area contributed by atoms with E-state index in [-0.39, 0.29) is 5.91 Å². The molecule has 8 nitrogen and oxygen atoms in total. The van der Waals surface area contributed by atoms with Crippen molar-refractivity contribution in [1.82, 2.24) is 30.8 Å². The standard InChI is InChI=1S/C12H24N6O2S/c1-3-4-5-14-11(19)10-21-12-15-16-17-18(12)8-6-13-7-9-20-2/h13H,3-10H2,1-2H3,(H,14,19). The summed E-state index contributed by atoms with van der Waals surface area (Å²) < 4.78 is 6.65. The lowest BCUT2D eigenvalue weighted by Gasteiger charge is -2.06. The first-order chi connectivity index (χ1) is 10.3. The van der Waals surface area contributed by atoms with Crippen molar-refractivity contribution < 1.29 is 9.53 Å². The second kappa shape index (κ2) is 11.5.